The van der Waals surface area contributed by atoms with E-state index >= 15 is 0 Å². The highest BCUT2D eigenvalue weighted by atomic mass is 16.6. The fourth-order valence-electron chi connectivity index (χ4n) is 15.1. The van der Waals surface area contributed by atoms with E-state index in [1.165, 1.54) is 231 Å². The zero-order chi connectivity index (χ0) is 84.8. The third kappa shape index (κ3) is 38.9. The molecule has 0 unspecified atom stereocenters. The zero-order valence-corrected chi connectivity index (χ0v) is 76.8. The lowest BCUT2D eigenvalue weighted by atomic mass is 10.1. The van der Waals surface area contributed by atoms with Crippen LogP contribution in [0, 0.1) is 0 Å². The smallest absolute Gasteiger partial charge is 0.248 e. The summed E-state index contributed by atoms with van der Waals surface area (Å²) in [4.78, 5) is 0. The van der Waals surface area contributed by atoms with Gasteiger partial charge >= 0.3 is 0 Å². The second-order valence-electron chi connectivity index (χ2n) is 33.5. The number of nitrogens with zero attached hydrogens (tertiary/aromatic N) is 6. The summed E-state index contributed by atoms with van der Waals surface area (Å²) in [6.07, 6.45) is 61.6. The van der Waals surface area contributed by atoms with Gasteiger partial charge in [0, 0.05) is 33.4 Å². The molecule has 18 nitrogen and oxygen atoms in total. The number of ether oxygens (including phenoxy) is 9. The maximum absolute atomic E-state index is 6.90. The summed E-state index contributed by atoms with van der Waals surface area (Å²) in [7, 11) is 0. The number of hydrogen-bond donors (Lipinski definition) is 0. The summed E-state index contributed by atoms with van der Waals surface area (Å²) in [6, 6.07) is 17.6. The Kier molecular flexibility index (Phi) is 53.4. The molecule has 0 aliphatic rings. The van der Waals surface area contributed by atoms with Gasteiger partial charge in [-0.25, -0.2) is 0 Å². The fourth-order valence-corrected chi connectivity index (χ4v) is 15.1. The van der Waals surface area contributed by atoms with Crippen LogP contribution in [0.25, 0.3) is 68.7 Å². The Balaban J connectivity index is 1.36. The number of unbranched alkanes of at least 4 members (excludes halogenated alkanes) is 45. The first kappa shape index (κ1) is 99.6. The molecular formula is C102H162N6O12. The van der Waals surface area contributed by atoms with Gasteiger partial charge < -0.3 is 55.9 Å². The molecule has 3 heterocycles. The van der Waals surface area contributed by atoms with Crippen LogP contribution in [0.2, 0.25) is 0 Å². The second-order valence-corrected chi connectivity index (χ2v) is 33.5. The highest BCUT2D eigenvalue weighted by Gasteiger charge is 2.27. The standard InChI is InChI=1S/C102H162N6O12/c1-10-19-28-37-46-55-64-109-88-76-85(77-89(110-65-56-47-38-29-20-11-2)94(88)115-70-61-52-43-34-25-16-7)100-106-103-97(118-100)82-73-83(98-104-107-101(119-98)86-78-90(111-66-57-48-39-30-21-12-3)95(116-71-62-53-44-35-26-17-8)91(79-86)112-67-58-49-40-31-22-13-4)75-84(74-82)99-105-108-102(120-99)87-80-92(113-68-59-50-41-32-23-14-5)96(117-72-63-54-45-36-27-18-9)93(81-87)114-69-60-51-42-33-24-15-6/h73-81H,10-72H2,1-9H3. The Morgan fingerprint density at radius 3 is 0.433 bits per heavy atom. The monoisotopic (exact) mass is 1660 g/mol. The Labute approximate surface area is 726 Å². The molecule has 0 fully saturated rings. The van der Waals surface area contributed by atoms with E-state index in [1.807, 2.05) is 54.6 Å². The van der Waals surface area contributed by atoms with Crippen molar-refractivity contribution in [1.82, 2.24) is 30.6 Å². The van der Waals surface area contributed by atoms with Gasteiger partial charge in [-0.2, -0.15) is 0 Å². The molecule has 0 saturated carbocycles. The molecule has 18 heteroatoms. The minimum Gasteiger partial charge on any atom is -0.490 e. The van der Waals surface area contributed by atoms with Crippen molar-refractivity contribution in [3.05, 3.63) is 54.6 Å². The molecule has 0 bridgehead atoms. The first-order chi connectivity index (χ1) is 59.3. The van der Waals surface area contributed by atoms with E-state index in [9.17, 15) is 0 Å². The van der Waals surface area contributed by atoms with E-state index in [1.54, 1.807) is 0 Å². The van der Waals surface area contributed by atoms with Crippen LogP contribution in [-0.2, 0) is 0 Å². The maximum Gasteiger partial charge on any atom is 0.248 e. The van der Waals surface area contributed by atoms with Crippen LogP contribution >= 0.6 is 0 Å². The zero-order valence-electron chi connectivity index (χ0n) is 76.8. The lowest BCUT2D eigenvalue weighted by molar-refractivity contribution is 0.234. The lowest BCUT2D eigenvalue weighted by Gasteiger charge is -2.18. The van der Waals surface area contributed by atoms with Crippen molar-refractivity contribution in [3.63, 3.8) is 0 Å². The Hall–Kier alpha value is -7.50. The Bertz CT molecular complexity index is 3210. The molecule has 7 rings (SSSR count). The van der Waals surface area contributed by atoms with E-state index in [2.05, 4.69) is 62.3 Å². The molecule has 672 valence electrons. The molecule has 0 spiro atoms. The van der Waals surface area contributed by atoms with Gasteiger partial charge in [-0.3, -0.25) is 0 Å². The molecule has 0 N–H and O–H groups in total. The van der Waals surface area contributed by atoms with E-state index in [0.717, 1.165) is 116 Å². The van der Waals surface area contributed by atoms with Gasteiger partial charge in [-0.1, -0.05) is 351 Å². The van der Waals surface area contributed by atoms with Crippen LogP contribution in [0.15, 0.2) is 67.8 Å². The van der Waals surface area contributed by atoms with Crippen molar-refractivity contribution in [2.75, 3.05) is 59.5 Å². The predicted octanol–water partition coefficient (Wildman–Crippen LogP) is 31.5. The van der Waals surface area contributed by atoms with Crippen molar-refractivity contribution < 1.29 is 55.9 Å². The van der Waals surface area contributed by atoms with Crippen LogP contribution < -0.4 is 42.6 Å². The largest absolute Gasteiger partial charge is 0.490 e. The summed E-state index contributed by atoms with van der Waals surface area (Å²) >= 11 is 0. The van der Waals surface area contributed by atoms with Crippen LogP contribution in [-0.4, -0.2) is 90.1 Å². The van der Waals surface area contributed by atoms with Gasteiger partial charge in [0.1, 0.15) is 0 Å². The average Bonchev–Trinajstić information content (AvgIpc) is 1.66. The Morgan fingerprint density at radius 2 is 0.283 bits per heavy atom. The number of benzene rings is 4. The highest BCUT2D eigenvalue weighted by molar-refractivity contribution is 5.76. The minimum atomic E-state index is 0.229. The van der Waals surface area contributed by atoms with Crippen LogP contribution in [0.4, 0.5) is 0 Å². The molecule has 0 aliphatic carbocycles. The minimum absolute atomic E-state index is 0.229. The molecule has 0 atom stereocenters. The SMILES string of the molecule is CCCCCCCCOc1cc(-c2nnc(-c3cc(-c4nnc(-c5cc(OCCCCCCCC)c(OCCCCCCCC)c(OCCCCCCCC)c5)o4)cc(-c4nnc(-c5cc(OCCCCCCCC)c(OCCCCCCCC)c(OCCCCCCCC)c5)o4)c3)o2)cc(OCCCCCCCC)c1OCCCCCCCC. The van der Waals surface area contributed by atoms with Crippen molar-refractivity contribution >= 4 is 0 Å². The van der Waals surface area contributed by atoms with Crippen molar-refractivity contribution in [1.29, 1.82) is 0 Å². The molecule has 0 amide bonds. The third-order valence-corrected chi connectivity index (χ3v) is 22.5. The van der Waals surface area contributed by atoms with Crippen LogP contribution in [0.1, 0.15) is 409 Å². The average molecular weight is 1660 g/mol. The maximum atomic E-state index is 6.90. The molecule has 0 saturated heterocycles. The number of rotatable bonds is 78. The molecule has 4 aromatic carbocycles. The van der Waals surface area contributed by atoms with Gasteiger partial charge in [0.25, 0.3) is 0 Å². The molecule has 7 aromatic rings. The summed E-state index contributed by atoms with van der Waals surface area (Å²) < 4.78 is 81.7. The van der Waals surface area contributed by atoms with Gasteiger partial charge in [-0.15, -0.1) is 30.6 Å². The molecular weight excluding hydrogens is 1500 g/mol. The lowest BCUT2D eigenvalue weighted by Crippen LogP contribution is -2.07. The number of hydrogen-bond acceptors (Lipinski definition) is 18. The second kappa shape index (κ2) is 64.3. The number of aromatic nitrogens is 6. The topological polar surface area (TPSA) is 200 Å². The highest BCUT2D eigenvalue weighted by Crippen LogP contribution is 2.47. The predicted molar refractivity (Wildman–Crippen MR) is 492 cm³/mol. The fraction of sp³-hybridized carbons (Fsp3) is 0.706. The van der Waals surface area contributed by atoms with Crippen molar-refractivity contribution in [2.24, 2.45) is 0 Å². The first-order valence-corrected chi connectivity index (χ1v) is 49.2. The molecule has 0 aliphatic heterocycles. The van der Waals surface area contributed by atoms with Gasteiger partial charge in [-0.05, 0) is 112 Å². The molecule has 0 radical (unpaired) electrons. The summed E-state index contributed by atoms with van der Waals surface area (Å²) in [5, 5.41) is 28.9. The van der Waals surface area contributed by atoms with Crippen molar-refractivity contribution in [2.45, 2.75) is 409 Å². The van der Waals surface area contributed by atoms with E-state index in [4.69, 9.17) is 86.5 Å². The Morgan fingerprint density at radius 1 is 0.158 bits per heavy atom. The van der Waals surface area contributed by atoms with Crippen LogP contribution in [0.5, 0.6) is 51.7 Å². The van der Waals surface area contributed by atoms with E-state index in [-0.39, 0.29) is 35.3 Å². The van der Waals surface area contributed by atoms with E-state index in [0.29, 0.717) is 145 Å². The summed E-state index contributed by atoms with van der Waals surface area (Å²) in [5.74, 6) is 6.94. The summed E-state index contributed by atoms with van der Waals surface area (Å²) in [6.45, 7) is 25.1. The van der Waals surface area contributed by atoms with Crippen molar-refractivity contribution in [3.8, 4) is 120 Å². The van der Waals surface area contributed by atoms with Gasteiger partial charge in [0.15, 0.2) is 34.5 Å². The third-order valence-electron chi connectivity index (χ3n) is 22.5. The first-order valence-electron chi connectivity index (χ1n) is 49.2. The molecule has 120 heavy (non-hydrogen) atoms. The quantitative estimate of drug-likeness (QED) is 0.0326. The summed E-state index contributed by atoms with van der Waals surface area (Å²) in [5.41, 5.74) is 3.57. The van der Waals surface area contributed by atoms with Gasteiger partial charge in [0.05, 0.1) is 59.5 Å². The van der Waals surface area contributed by atoms with Crippen LogP contribution in [0.3, 0.4) is 0 Å². The molecule has 3 aromatic heterocycles. The van der Waals surface area contributed by atoms with Gasteiger partial charge in [0.2, 0.25) is 52.6 Å². The van der Waals surface area contributed by atoms with E-state index < -0.39 is 0 Å². The normalized spacial score (nSPS) is 11.5.